The first-order valence-corrected chi connectivity index (χ1v) is 9.41. The first-order valence-electron chi connectivity index (χ1n) is 9.41. The molecule has 0 saturated carbocycles. The van der Waals surface area contributed by atoms with Gasteiger partial charge in [0.1, 0.15) is 12.1 Å². The number of aliphatic carboxylic acids is 1. The van der Waals surface area contributed by atoms with Crippen molar-refractivity contribution < 1.29 is 24.3 Å². The van der Waals surface area contributed by atoms with Gasteiger partial charge in [-0.1, -0.05) is 13.8 Å². The van der Waals surface area contributed by atoms with E-state index in [0.717, 1.165) is 11.1 Å². The standard InChI is InChI=1S/C20H30N4O5/c1-10(2)7-16(19(27)23-15(20(28)29)5-6-17(22)25)24-18(26)13-8-11(3)12(4)9-14(13)21/h8-10,15-16H,5-7,21H2,1-4H3,(H2,22,25)(H,23,27)(H,24,26)(H,28,29)/t15-,16+/m0/s1. The Morgan fingerprint density at radius 3 is 2.14 bits per heavy atom. The van der Waals surface area contributed by atoms with Crippen LogP contribution in [0.1, 0.15) is 54.6 Å². The molecule has 0 fully saturated rings. The fourth-order valence-corrected chi connectivity index (χ4v) is 2.79. The van der Waals surface area contributed by atoms with Crippen molar-refractivity contribution in [3.05, 3.63) is 28.8 Å². The monoisotopic (exact) mass is 406 g/mol. The summed E-state index contributed by atoms with van der Waals surface area (Å²) < 4.78 is 0. The van der Waals surface area contributed by atoms with Crippen molar-refractivity contribution in [3.63, 3.8) is 0 Å². The van der Waals surface area contributed by atoms with E-state index in [1.807, 2.05) is 27.7 Å². The zero-order valence-corrected chi connectivity index (χ0v) is 17.2. The van der Waals surface area contributed by atoms with Gasteiger partial charge >= 0.3 is 5.97 Å². The molecule has 0 bridgehead atoms. The Morgan fingerprint density at radius 2 is 1.62 bits per heavy atom. The van der Waals surface area contributed by atoms with Gasteiger partial charge in [-0.2, -0.15) is 0 Å². The number of nitrogens with one attached hydrogen (secondary N) is 2. The molecule has 0 aliphatic heterocycles. The highest BCUT2D eigenvalue weighted by Crippen LogP contribution is 2.18. The Labute approximate surface area is 170 Å². The summed E-state index contributed by atoms with van der Waals surface area (Å²) in [5.41, 5.74) is 13.4. The Balaban J connectivity index is 2.99. The van der Waals surface area contributed by atoms with Gasteiger partial charge in [0.15, 0.2) is 0 Å². The van der Waals surface area contributed by atoms with E-state index in [1.165, 1.54) is 0 Å². The van der Waals surface area contributed by atoms with Crippen LogP contribution in [-0.2, 0) is 14.4 Å². The number of rotatable bonds is 10. The second kappa shape index (κ2) is 10.4. The first-order chi connectivity index (χ1) is 13.4. The number of aryl methyl sites for hydroxylation is 2. The van der Waals surface area contributed by atoms with Gasteiger partial charge in [0.2, 0.25) is 11.8 Å². The number of carboxylic acids is 1. The minimum atomic E-state index is -1.28. The fourth-order valence-electron chi connectivity index (χ4n) is 2.79. The molecule has 0 aliphatic rings. The zero-order chi connectivity index (χ0) is 22.3. The fraction of sp³-hybridized carbons (Fsp3) is 0.500. The number of primary amides is 1. The lowest BCUT2D eigenvalue weighted by Gasteiger charge is -2.23. The molecule has 160 valence electrons. The van der Waals surface area contributed by atoms with Crippen LogP contribution in [0.25, 0.3) is 0 Å². The molecule has 9 nitrogen and oxygen atoms in total. The van der Waals surface area contributed by atoms with Gasteiger partial charge in [-0.05, 0) is 55.9 Å². The molecule has 7 N–H and O–H groups in total. The SMILES string of the molecule is Cc1cc(N)c(C(=O)N[C@H](CC(C)C)C(=O)N[C@@H](CCC(N)=O)C(=O)O)cc1C. The van der Waals surface area contributed by atoms with Gasteiger partial charge in [0, 0.05) is 12.1 Å². The topological polar surface area (TPSA) is 165 Å². The van der Waals surface area contributed by atoms with E-state index in [0.29, 0.717) is 12.1 Å². The van der Waals surface area contributed by atoms with Crippen molar-refractivity contribution in [1.29, 1.82) is 0 Å². The van der Waals surface area contributed by atoms with E-state index < -0.39 is 35.8 Å². The average Bonchev–Trinajstić information content (AvgIpc) is 2.59. The van der Waals surface area contributed by atoms with Gasteiger partial charge < -0.3 is 27.2 Å². The average molecular weight is 406 g/mol. The molecule has 0 aliphatic carbocycles. The highest BCUT2D eigenvalue weighted by Gasteiger charge is 2.28. The van der Waals surface area contributed by atoms with E-state index in [-0.39, 0.29) is 24.3 Å². The molecule has 1 aromatic carbocycles. The number of carboxylic acid groups (broad SMARTS) is 1. The third-order valence-corrected chi connectivity index (χ3v) is 4.53. The molecule has 0 heterocycles. The predicted octanol–water partition coefficient (Wildman–Crippen LogP) is 0.865. The van der Waals surface area contributed by atoms with Gasteiger partial charge in [0.05, 0.1) is 5.56 Å². The lowest BCUT2D eigenvalue weighted by molar-refractivity contribution is -0.142. The lowest BCUT2D eigenvalue weighted by atomic mass is 10.00. The number of nitrogens with two attached hydrogens (primary N) is 2. The van der Waals surface area contributed by atoms with Crippen LogP contribution < -0.4 is 22.1 Å². The zero-order valence-electron chi connectivity index (χ0n) is 17.2. The van der Waals surface area contributed by atoms with Crippen molar-refractivity contribution in [1.82, 2.24) is 10.6 Å². The molecule has 0 radical (unpaired) electrons. The molecule has 1 rings (SSSR count). The number of benzene rings is 1. The smallest absolute Gasteiger partial charge is 0.326 e. The van der Waals surface area contributed by atoms with E-state index in [1.54, 1.807) is 12.1 Å². The summed E-state index contributed by atoms with van der Waals surface area (Å²) in [5, 5.41) is 14.3. The summed E-state index contributed by atoms with van der Waals surface area (Å²) in [4.78, 5) is 47.7. The van der Waals surface area contributed by atoms with Crippen molar-refractivity contribution in [2.45, 2.75) is 59.0 Å². The number of nitrogen functional groups attached to an aromatic ring is 1. The van der Waals surface area contributed by atoms with Crippen LogP contribution in [0.4, 0.5) is 5.69 Å². The number of carbonyl (C=O) groups is 4. The molecule has 0 spiro atoms. The third kappa shape index (κ3) is 7.44. The maximum Gasteiger partial charge on any atom is 0.326 e. The van der Waals surface area contributed by atoms with Crippen LogP contribution in [0.5, 0.6) is 0 Å². The van der Waals surface area contributed by atoms with Gasteiger partial charge in [-0.3, -0.25) is 14.4 Å². The highest BCUT2D eigenvalue weighted by molar-refractivity contribution is 6.02. The Bertz CT molecular complexity index is 791. The minimum Gasteiger partial charge on any atom is -0.480 e. The van der Waals surface area contributed by atoms with Crippen LogP contribution in [0.2, 0.25) is 0 Å². The summed E-state index contributed by atoms with van der Waals surface area (Å²) in [6, 6.07) is 1.09. The molecule has 9 heteroatoms. The van der Waals surface area contributed by atoms with Crippen molar-refractivity contribution in [3.8, 4) is 0 Å². The maximum atomic E-state index is 12.7. The summed E-state index contributed by atoms with van der Waals surface area (Å²) >= 11 is 0. The Morgan fingerprint density at radius 1 is 1.03 bits per heavy atom. The second-order valence-electron chi connectivity index (χ2n) is 7.58. The third-order valence-electron chi connectivity index (χ3n) is 4.53. The van der Waals surface area contributed by atoms with E-state index >= 15 is 0 Å². The van der Waals surface area contributed by atoms with Crippen LogP contribution in [0.3, 0.4) is 0 Å². The number of hydrogen-bond acceptors (Lipinski definition) is 5. The van der Waals surface area contributed by atoms with Crippen molar-refractivity contribution in [2.75, 3.05) is 5.73 Å². The van der Waals surface area contributed by atoms with Gasteiger partial charge in [-0.15, -0.1) is 0 Å². The molecule has 3 amide bonds. The number of carbonyl (C=O) groups excluding carboxylic acids is 3. The normalized spacial score (nSPS) is 12.9. The molecule has 0 unspecified atom stereocenters. The first kappa shape index (κ1) is 23.9. The molecule has 0 aromatic heterocycles. The summed E-state index contributed by atoms with van der Waals surface area (Å²) in [6.45, 7) is 7.47. The molecule has 1 aromatic rings. The number of amides is 3. The lowest BCUT2D eigenvalue weighted by Crippen LogP contribution is -2.52. The second-order valence-corrected chi connectivity index (χ2v) is 7.58. The highest BCUT2D eigenvalue weighted by atomic mass is 16.4. The number of anilines is 1. The maximum absolute atomic E-state index is 12.7. The molecule has 29 heavy (non-hydrogen) atoms. The van der Waals surface area contributed by atoms with Crippen LogP contribution in [-0.4, -0.2) is 40.9 Å². The van der Waals surface area contributed by atoms with Crippen LogP contribution in [0.15, 0.2) is 12.1 Å². The number of hydrogen-bond donors (Lipinski definition) is 5. The van der Waals surface area contributed by atoms with E-state index in [2.05, 4.69) is 10.6 Å². The van der Waals surface area contributed by atoms with Gasteiger partial charge in [0.25, 0.3) is 5.91 Å². The van der Waals surface area contributed by atoms with E-state index in [4.69, 9.17) is 11.5 Å². The van der Waals surface area contributed by atoms with Crippen molar-refractivity contribution >= 4 is 29.4 Å². The van der Waals surface area contributed by atoms with E-state index in [9.17, 15) is 24.3 Å². The minimum absolute atomic E-state index is 0.0528. The predicted molar refractivity (Wildman–Crippen MR) is 109 cm³/mol. The molecular formula is C20H30N4O5. The van der Waals surface area contributed by atoms with Gasteiger partial charge in [-0.25, -0.2) is 4.79 Å². The van der Waals surface area contributed by atoms with Crippen LogP contribution >= 0.6 is 0 Å². The Hall–Kier alpha value is -3.10. The quantitative estimate of drug-likeness (QED) is 0.362. The molecule has 0 saturated heterocycles. The Kier molecular flexibility index (Phi) is 8.62. The van der Waals surface area contributed by atoms with Crippen LogP contribution in [0, 0.1) is 19.8 Å². The summed E-state index contributed by atoms with van der Waals surface area (Å²) in [6.07, 6.45) is -0.0229. The molecule has 2 atom stereocenters. The van der Waals surface area contributed by atoms with Crippen molar-refractivity contribution in [2.24, 2.45) is 11.7 Å². The summed E-state index contributed by atoms with van der Waals surface area (Å²) in [7, 11) is 0. The molecular weight excluding hydrogens is 376 g/mol. The largest absolute Gasteiger partial charge is 0.480 e. The summed E-state index contributed by atoms with van der Waals surface area (Å²) in [5.74, 6) is -3.06.